The summed E-state index contributed by atoms with van der Waals surface area (Å²) in [6, 6.07) is 0. The van der Waals surface area contributed by atoms with E-state index < -0.39 is 0 Å². The van der Waals surface area contributed by atoms with Crippen LogP contribution in [0.3, 0.4) is 0 Å². The maximum absolute atomic E-state index is 4.77. The molecule has 0 spiro atoms. The predicted octanol–water partition coefficient (Wildman–Crippen LogP) is 11.7. The van der Waals surface area contributed by atoms with Gasteiger partial charge >= 0.3 is 0 Å². The van der Waals surface area contributed by atoms with Gasteiger partial charge in [-0.25, -0.2) is 0 Å². The molecule has 0 aromatic heterocycles. The van der Waals surface area contributed by atoms with Crippen LogP contribution in [0.25, 0.3) is 0 Å². The van der Waals surface area contributed by atoms with E-state index in [1.165, 1.54) is 83.5 Å². The minimum Gasteiger partial charge on any atom is -0.103 e. The molecule has 34 heavy (non-hydrogen) atoms. The Morgan fingerprint density at radius 2 is 1.59 bits per heavy atom. The fourth-order valence-corrected chi connectivity index (χ4v) is 8.67. The Labute approximate surface area is 216 Å². The normalized spacial score (nSPS) is 36.5. The van der Waals surface area contributed by atoms with E-state index in [1.54, 1.807) is 11.6 Å². The molecule has 0 saturated heterocycles. The predicted molar refractivity (Wildman–Crippen MR) is 156 cm³/mol. The molecule has 0 aromatic carbocycles. The van der Waals surface area contributed by atoms with Crippen molar-refractivity contribution in [1.29, 1.82) is 0 Å². The SMILES string of the molecule is C=C1CC(CCC)C(C)(CCC)C2CCC3(C)C(CCCCC(C)C)CCC3C12.C=CC.CC. The van der Waals surface area contributed by atoms with Gasteiger partial charge in [-0.15, -0.1) is 6.58 Å². The van der Waals surface area contributed by atoms with Crippen molar-refractivity contribution in [3.8, 4) is 0 Å². The van der Waals surface area contributed by atoms with Gasteiger partial charge in [0.25, 0.3) is 0 Å². The maximum atomic E-state index is 4.77. The molecular formula is C34H64. The van der Waals surface area contributed by atoms with Crippen LogP contribution >= 0.6 is 0 Å². The summed E-state index contributed by atoms with van der Waals surface area (Å²) in [5.74, 6) is 5.42. The summed E-state index contributed by atoms with van der Waals surface area (Å²) < 4.78 is 0. The number of fused-ring (bicyclic) bond motifs is 3. The Hall–Kier alpha value is -0.520. The molecule has 3 saturated carbocycles. The lowest BCUT2D eigenvalue weighted by Crippen LogP contribution is -2.52. The second kappa shape index (κ2) is 14.9. The van der Waals surface area contributed by atoms with Crippen molar-refractivity contribution < 1.29 is 0 Å². The monoisotopic (exact) mass is 473 g/mol. The van der Waals surface area contributed by atoms with Gasteiger partial charge in [-0.2, -0.15) is 0 Å². The molecule has 7 unspecified atom stereocenters. The first-order chi connectivity index (χ1) is 16.2. The van der Waals surface area contributed by atoms with Gasteiger partial charge < -0.3 is 0 Å². The first-order valence-corrected chi connectivity index (χ1v) is 15.4. The highest BCUT2D eigenvalue weighted by molar-refractivity contribution is 5.20. The van der Waals surface area contributed by atoms with Crippen LogP contribution in [-0.4, -0.2) is 0 Å². The zero-order chi connectivity index (χ0) is 25.9. The second-order valence-electron chi connectivity index (χ2n) is 12.7. The van der Waals surface area contributed by atoms with Crippen molar-refractivity contribution in [2.45, 2.75) is 146 Å². The lowest BCUT2D eigenvalue weighted by molar-refractivity contribution is -0.0761. The van der Waals surface area contributed by atoms with Crippen molar-refractivity contribution in [2.75, 3.05) is 0 Å². The van der Waals surface area contributed by atoms with Gasteiger partial charge in [0.15, 0.2) is 0 Å². The van der Waals surface area contributed by atoms with Crippen molar-refractivity contribution in [2.24, 2.45) is 46.3 Å². The highest BCUT2D eigenvalue weighted by atomic mass is 14.6. The number of allylic oxidation sites excluding steroid dienone is 2. The minimum atomic E-state index is 0.563. The van der Waals surface area contributed by atoms with E-state index in [0.29, 0.717) is 10.8 Å². The van der Waals surface area contributed by atoms with Gasteiger partial charge in [-0.3, -0.25) is 0 Å². The van der Waals surface area contributed by atoms with Crippen LogP contribution in [0.2, 0.25) is 0 Å². The largest absolute Gasteiger partial charge is 0.103 e. The first-order valence-electron chi connectivity index (χ1n) is 15.4. The molecule has 0 nitrogen and oxygen atoms in total. The van der Waals surface area contributed by atoms with Gasteiger partial charge in [0.2, 0.25) is 0 Å². The van der Waals surface area contributed by atoms with Crippen molar-refractivity contribution in [3.63, 3.8) is 0 Å². The van der Waals surface area contributed by atoms with Gasteiger partial charge in [-0.1, -0.05) is 106 Å². The van der Waals surface area contributed by atoms with Crippen LogP contribution in [0.15, 0.2) is 24.8 Å². The molecule has 7 atom stereocenters. The van der Waals surface area contributed by atoms with Crippen LogP contribution in [0, 0.1) is 46.3 Å². The summed E-state index contributed by atoms with van der Waals surface area (Å²) >= 11 is 0. The number of hydrogen-bond donors (Lipinski definition) is 0. The van der Waals surface area contributed by atoms with Gasteiger partial charge in [0.1, 0.15) is 0 Å². The molecule has 0 heteroatoms. The standard InChI is InChI=1S/C29H52.C3H6.C2H6/c1-8-12-24-20-22(5)27-25-16-15-23(14-11-10-13-21(3)4)29(25,7)19-17-26(27)28(24,6)18-9-2;1-3-2;1-2/h21,23-27H,5,8-20H2,1-4,6-7H3;3H,1H2,2H3;1-2H3. The molecule has 3 fully saturated rings. The molecule has 0 N–H and O–H groups in total. The molecule has 3 aliphatic carbocycles. The zero-order valence-electron chi connectivity index (χ0n) is 25.1. The van der Waals surface area contributed by atoms with E-state index in [2.05, 4.69) is 48.1 Å². The molecule has 0 bridgehead atoms. The summed E-state index contributed by atoms with van der Waals surface area (Å²) in [4.78, 5) is 0. The Morgan fingerprint density at radius 1 is 0.941 bits per heavy atom. The van der Waals surface area contributed by atoms with Crippen LogP contribution in [-0.2, 0) is 0 Å². The van der Waals surface area contributed by atoms with Gasteiger partial charge in [-0.05, 0) is 105 Å². The molecule has 0 aromatic rings. The number of hydrogen-bond acceptors (Lipinski definition) is 0. The van der Waals surface area contributed by atoms with E-state index in [1.807, 2.05) is 20.8 Å². The summed E-state index contributed by atoms with van der Waals surface area (Å²) in [7, 11) is 0. The fourth-order valence-electron chi connectivity index (χ4n) is 8.67. The van der Waals surface area contributed by atoms with Crippen LogP contribution in [0.4, 0.5) is 0 Å². The number of rotatable bonds is 9. The molecular weight excluding hydrogens is 408 g/mol. The van der Waals surface area contributed by atoms with E-state index in [9.17, 15) is 0 Å². The highest BCUT2D eigenvalue weighted by Crippen LogP contribution is 2.68. The van der Waals surface area contributed by atoms with E-state index in [4.69, 9.17) is 6.58 Å². The third kappa shape index (κ3) is 7.03. The topological polar surface area (TPSA) is 0 Å². The number of unbranched alkanes of at least 4 members (excludes halogenated alkanes) is 1. The average Bonchev–Trinajstić information content (AvgIpc) is 3.13. The van der Waals surface area contributed by atoms with E-state index in [-0.39, 0.29) is 0 Å². The summed E-state index contributed by atoms with van der Waals surface area (Å²) in [6.07, 6.45) is 20.4. The Kier molecular flexibility index (Phi) is 13.8. The summed E-state index contributed by atoms with van der Waals surface area (Å²) in [6.45, 7) is 29.0. The second-order valence-corrected chi connectivity index (χ2v) is 12.7. The molecule has 0 heterocycles. The van der Waals surface area contributed by atoms with Crippen molar-refractivity contribution in [1.82, 2.24) is 0 Å². The lowest BCUT2D eigenvalue weighted by atomic mass is 9.45. The van der Waals surface area contributed by atoms with Crippen molar-refractivity contribution in [3.05, 3.63) is 24.8 Å². The third-order valence-corrected chi connectivity index (χ3v) is 10.2. The maximum Gasteiger partial charge on any atom is -0.0139 e. The Bertz CT molecular complexity index is 585. The molecule has 0 radical (unpaired) electrons. The van der Waals surface area contributed by atoms with Gasteiger partial charge in [0, 0.05) is 0 Å². The van der Waals surface area contributed by atoms with E-state index in [0.717, 1.165) is 35.5 Å². The molecule has 3 aliphatic rings. The molecule has 3 rings (SSSR count). The van der Waals surface area contributed by atoms with Crippen molar-refractivity contribution >= 4 is 0 Å². The molecule has 200 valence electrons. The minimum absolute atomic E-state index is 0.563. The molecule has 0 aliphatic heterocycles. The van der Waals surface area contributed by atoms with Crippen LogP contribution < -0.4 is 0 Å². The first kappa shape index (κ1) is 31.5. The highest BCUT2D eigenvalue weighted by Gasteiger charge is 2.59. The summed E-state index contributed by atoms with van der Waals surface area (Å²) in [5.41, 5.74) is 2.83. The smallest absolute Gasteiger partial charge is 0.0139 e. The average molecular weight is 473 g/mol. The van der Waals surface area contributed by atoms with Crippen LogP contribution in [0.1, 0.15) is 146 Å². The van der Waals surface area contributed by atoms with Crippen LogP contribution in [0.5, 0.6) is 0 Å². The Balaban J connectivity index is 0.00000107. The van der Waals surface area contributed by atoms with Gasteiger partial charge in [0.05, 0.1) is 0 Å². The zero-order valence-corrected chi connectivity index (χ0v) is 25.1. The molecule has 0 amide bonds. The quantitative estimate of drug-likeness (QED) is 0.231. The third-order valence-electron chi connectivity index (χ3n) is 10.2. The van der Waals surface area contributed by atoms with E-state index >= 15 is 0 Å². The lowest BCUT2D eigenvalue weighted by Gasteiger charge is -2.60. The fraction of sp³-hybridized carbons (Fsp3) is 0.882. The summed E-state index contributed by atoms with van der Waals surface area (Å²) in [5, 5.41) is 0. The Morgan fingerprint density at radius 3 is 2.15 bits per heavy atom.